The maximum Gasteiger partial charge on any atom is 0.266 e. The number of halogens is 2. The molecule has 0 aliphatic heterocycles. The number of aryl methyl sites for hydroxylation is 1. The minimum absolute atomic E-state index is 0.0677. The van der Waals surface area contributed by atoms with Crippen LogP contribution in [0.25, 0.3) is 6.08 Å². The maximum atomic E-state index is 12.6. The van der Waals surface area contributed by atoms with Gasteiger partial charge in [0, 0.05) is 16.4 Å². The second-order valence-corrected chi connectivity index (χ2v) is 9.12. The summed E-state index contributed by atoms with van der Waals surface area (Å²) in [5, 5.41) is 15.5. The minimum Gasteiger partial charge on any atom is -0.490 e. The normalized spacial score (nSPS) is 10.8. The third-order valence-corrected chi connectivity index (χ3v) is 6.05. The minimum atomic E-state index is -0.523. The summed E-state index contributed by atoms with van der Waals surface area (Å²) in [7, 11) is 0. The molecule has 0 atom stereocenters. The number of benzene rings is 3. The number of carbonyl (C=O) groups is 2. The number of ether oxygens (including phenoxy) is 2. The average Bonchev–Trinajstić information content (AvgIpc) is 2.85. The first-order chi connectivity index (χ1) is 17.3. The van der Waals surface area contributed by atoms with Crippen molar-refractivity contribution in [3.8, 4) is 17.6 Å². The number of nitriles is 1. The standard InChI is InChI=1S/C27H23ClIN3O4/c1-3-35-24-13-18(11-19(15-30)27(34)32-20-7-5-4-6-8-20)12-23(29)26(24)36-16-25(33)31-21-10-9-17(2)22(28)14-21/h4-14H,3,16H2,1-2H3,(H,31,33)(H,32,34)/b19-11+. The lowest BCUT2D eigenvalue weighted by Gasteiger charge is -2.15. The van der Waals surface area contributed by atoms with Crippen LogP contribution < -0.4 is 20.1 Å². The van der Waals surface area contributed by atoms with Crippen molar-refractivity contribution in [1.29, 1.82) is 5.26 Å². The van der Waals surface area contributed by atoms with E-state index in [2.05, 4.69) is 33.2 Å². The van der Waals surface area contributed by atoms with Crippen LogP contribution in [0.2, 0.25) is 5.02 Å². The molecule has 184 valence electrons. The third-order valence-electron chi connectivity index (χ3n) is 4.84. The van der Waals surface area contributed by atoms with Gasteiger partial charge in [0.2, 0.25) is 0 Å². The lowest BCUT2D eigenvalue weighted by molar-refractivity contribution is -0.118. The van der Waals surface area contributed by atoms with Crippen LogP contribution in [0.3, 0.4) is 0 Å². The molecule has 0 aliphatic rings. The number of carbonyl (C=O) groups excluding carboxylic acids is 2. The first-order valence-corrected chi connectivity index (χ1v) is 12.4. The lowest BCUT2D eigenvalue weighted by atomic mass is 10.1. The first kappa shape index (κ1) is 27.0. The Kier molecular flexibility index (Phi) is 9.73. The number of para-hydroxylation sites is 1. The van der Waals surface area contributed by atoms with Crippen molar-refractivity contribution in [2.75, 3.05) is 23.8 Å². The van der Waals surface area contributed by atoms with E-state index in [1.54, 1.807) is 48.5 Å². The van der Waals surface area contributed by atoms with Crippen molar-refractivity contribution in [3.63, 3.8) is 0 Å². The second-order valence-electron chi connectivity index (χ2n) is 7.55. The number of nitrogens with zero attached hydrogens (tertiary/aromatic N) is 1. The molecule has 0 saturated carbocycles. The summed E-state index contributed by atoms with van der Waals surface area (Å²) >= 11 is 8.18. The van der Waals surface area contributed by atoms with E-state index in [-0.39, 0.29) is 18.1 Å². The van der Waals surface area contributed by atoms with E-state index in [1.165, 1.54) is 6.08 Å². The van der Waals surface area contributed by atoms with Gasteiger partial charge in [-0.2, -0.15) is 5.26 Å². The molecule has 0 unspecified atom stereocenters. The predicted molar refractivity (Wildman–Crippen MR) is 149 cm³/mol. The lowest BCUT2D eigenvalue weighted by Crippen LogP contribution is -2.20. The Morgan fingerprint density at radius 1 is 1.06 bits per heavy atom. The van der Waals surface area contributed by atoms with Crippen molar-refractivity contribution < 1.29 is 19.1 Å². The molecule has 2 amide bonds. The summed E-state index contributed by atoms with van der Waals surface area (Å²) in [5.41, 5.74) is 2.57. The van der Waals surface area contributed by atoms with E-state index in [0.29, 0.717) is 43.6 Å². The molecule has 0 aliphatic carbocycles. The van der Waals surface area contributed by atoms with Crippen LogP contribution in [0.4, 0.5) is 11.4 Å². The van der Waals surface area contributed by atoms with Crippen LogP contribution in [0.5, 0.6) is 11.5 Å². The Hall–Kier alpha value is -3.55. The van der Waals surface area contributed by atoms with Gasteiger partial charge in [-0.3, -0.25) is 9.59 Å². The van der Waals surface area contributed by atoms with Crippen LogP contribution >= 0.6 is 34.2 Å². The van der Waals surface area contributed by atoms with E-state index < -0.39 is 5.91 Å². The molecular weight excluding hydrogens is 593 g/mol. The highest BCUT2D eigenvalue weighted by molar-refractivity contribution is 14.1. The molecule has 0 heterocycles. The fraction of sp³-hybridized carbons (Fsp3) is 0.148. The van der Waals surface area contributed by atoms with Crippen LogP contribution in [-0.2, 0) is 9.59 Å². The Morgan fingerprint density at radius 3 is 2.47 bits per heavy atom. The van der Waals surface area contributed by atoms with E-state index >= 15 is 0 Å². The third kappa shape index (κ3) is 7.47. The Balaban J connectivity index is 1.76. The molecule has 3 aromatic rings. The fourth-order valence-electron chi connectivity index (χ4n) is 3.11. The van der Waals surface area contributed by atoms with Gasteiger partial charge < -0.3 is 20.1 Å². The number of anilines is 2. The molecule has 7 nitrogen and oxygen atoms in total. The number of rotatable bonds is 9. The average molecular weight is 616 g/mol. The number of nitrogens with one attached hydrogen (secondary N) is 2. The zero-order valence-electron chi connectivity index (χ0n) is 19.6. The van der Waals surface area contributed by atoms with Crippen LogP contribution in [0.15, 0.2) is 66.2 Å². The summed E-state index contributed by atoms with van der Waals surface area (Å²) in [6, 6.07) is 19.5. The van der Waals surface area contributed by atoms with E-state index in [4.69, 9.17) is 21.1 Å². The van der Waals surface area contributed by atoms with Gasteiger partial charge in [0.05, 0.1) is 10.2 Å². The van der Waals surface area contributed by atoms with Crippen molar-refractivity contribution in [2.24, 2.45) is 0 Å². The number of amides is 2. The summed E-state index contributed by atoms with van der Waals surface area (Å²) < 4.78 is 12.1. The highest BCUT2D eigenvalue weighted by atomic mass is 127. The molecule has 9 heteroatoms. The number of hydrogen-bond donors (Lipinski definition) is 2. The second kappa shape index (κ2) is 13.0. The quantitative estimate of drug-likeness (QED) is 0.169. The summed E-state index contributed by atoms with van der Waals surface area (Å²) in [6.07, 6.45) is 1.47. The van der Waals surface area contributed by atoms with Gasteiger partial charge in [0.15, 0.2) is 18.1 Å². The smallest absolute Gasteiger partial charge is 0.266 e. The van der Waals surface area contributed by atoms with Gasteiger partial charge in [-0.15, -0.1) is 0 Å². The summed E-state index contributed by atoms with van der Waals surface area (Å²) in [4.78, 5) is 25.0. The summed E-state index contributed by atoms with van der Waals surface area (Å²) in [5.74, 6) is -0.104. The predicted octanol–water partition coefficient (Wildman–Crippen LogP) is 6.21. The van der Waals surface area contributed by atoms with E-state index in [0.717, 1.165) is 5.56 Å². The molecule has 3 rings (SSSR count). The molecule has 0 radical (unpaired) electrons. The molecule has 36 heavy (non-hydrogen) atoms. The molecule has 0 spiro atoms. The van der Waals surface area contributed by atoms with E-state index in [1.807, 2.05) is 32.0 Å². The zero-order chi connectivity index (χ0) is 26.1. The highest BCUT2D eigenvalue weighted by Crippen LogP contribution is 2.35. The molecule has 0 fully saturated rings. The summed E-state index contributed by atoms with van der Waals surface area (Å²) in [6.45, 7) is 3.80. The van der Waals surface area contributed by atoms with Gasteiger partial charge in [0.25, 0.3) is 11.8 Å². The van der Waals surface area contributed by atoms with Crippen molar-refractivity contribution in [1.82, 2.24) is 0 Å². The van der Waals surface area contributed by atoms with Gasteiger partial charge in [0.1, 0.15) is 11.6 Å². The molecule has 0 bridgehead atoms. The van der Waals surface area contributed by atoms with Crippen molar-refractivity contribution in [3.05, 3.63) is 86.0 Å². The highest BCUT2D eigenvalue weighted by Gasteiger charge is 2.16. The molecule has 0 saturated heterocycles. The van der Waals surface area contributed by atoms with Crippen LogP contribution in [0, 0.1) is 21.8 Å². The molecular formula is C27H23ClIN3O4. The zero-order valence-corrected chi connectivity index (χ0v) is 22.5. The fourth-order valence-corrected chi connectivity index (χ4v) is 4.08. The number of hydrogen-bond acceptors (Lipinski definition) is 5. The van der Waals surface area contributed by atoms with Gasteiger partial charge in [-0.1, -0.05) is 35.9 Å². The van der Waals surface area contributed by atoms with Crippen LogP contribution in [-0.4, -0.2) is 25.0 Å². The largest absolute Gasteiger partial charge is 0.490 e. The topological polar surface area (TPSA) is 100 Å². The van der Waals surface area contributed by atoms with Gasteiger partial charge >= 0.3 is 0 Å². The molecule has 2 N–H and O–H groups in total. The van der Waals surface area contributed by atoms with Gasteiger partial charge in [-0.25, -0.2) is 0 Å². The molecule has 0 aromatic heterocycles. The SMILES string of the molecule is CCOc1cc(/C=C(\C#N)C(=O)Nc2ccccc2)cc(I)c1OCC(=O)Nc1ccc(C)c(Cl)c1. The Morgan fingerprint density at radius 2 is 1.81 bits per heavy atom. The van der Waals surface area contributed by atoms with Crippen LogP contribution in [0.1, 0.15) is 18.1 Å². The van der Waals surface area contributed by atoms with Crippen molar-refractivity contribution in [2.45, 2.75) is 13.8 Å². The monoisotopic (exact) mass is 615 g/mol. The van der Waals surface area contributed by atoms with Gasteiger partial charge in [-0.05, 0) is 90.0 Å². The Labute approximate surface area is 228 Å². The van der Waals surface area contributed by atoms with Crippen molar-refractivity contribution >= 4 is 63.5 Å². The van der Waals surface area contributed by atoms with E-state index in [9.17, 15) is 14.9 Å². The first-order valence-electron chi connectivity index (χ1n) is 10.9. The molecule has 3 aromatic carbocycles. The maximum absolute atomic E-state index is 12.6. The Bertz CT molecular complexity index is 1340.